The highest BCUT2D eigenvalue weighted by Gasteiger charge is 2.17. The van der Waals surface area contributed by atoms with E-state index in [0.717, 1.165) is 17.8 Å². The molecule has 5 heteroatoms. The van der Waals surface area contributed by atoms with Crippen molar-refractivity contribution in [1.29, 1.82) is 0 Å². The molecule has 1 N–H and O–H groups in total. The minimum Gasteiger partial charge on any atom is -0.478 e. The number of carboxylic acids is 1. The number of carboxylic acid groups (broad SMARTS) is 1. The molecule has 0 saturated heterocycles. The van der Waals surface area contributed by atoms with E-state index in [1.54, 1.807) is 18.3 Å². The molecule has 0 unspecified atom stereocenters. The normalized spacial score (nSPS) is 15.0. The number of hydrogen-bond donors (Lipinski definition) is 1. The summed E-state index contributed by atoms with van der Waals surface area (Å²) in [5, 5.41) is 8.89. The van der Waals surface area contributed by atoms with E-state index in [-0.39, 0.29) is 5.56 Å². The summed E-state index contributed by atoms with van der Waals surface area (Å²) in [5.41, 5.74) is 2.97. The Labute approximate surface area is 91.3 Å². The van der Waals surface area contributed by atoms with Gasteiger partial charge in [0.15, 0.2) is 0 Å². The molecule has 2 aromatic rings. The van der Waals surface area contributed by atoms with Gasteiger partial charge in [0.2, 0.25) is 0 Å². The van der Waals surface area contributed by atoms with Gasteiger partial charge in [0.05, 0.1) is 30.2 Å². The van der Waals surface area contributed by atoms with E-state index in [1.807, 2.05) is 4.40 Å². The number of fused-ring (bicyclic) bond motifs is 3. The number of imidazole rings is 1. The summed E-state index contributed by atoms with van der Waals surface area (Å²) in [6, 6.07) is 3.16. The molecule has 0 saturated carbocycles. The van der Waals surface area contributed by atoms with Crippen molar-refractivity contribution in [3.63, 3.8) is 0 Å². The van der Waals surface area contributed by atoms with Gasteiger partial charge in [-0.1, -0.05) is 0 Å². The fourth-order valence-electron chi connectivity index (χ4n) is 1.97. The second-order valence-electron chi connectivity index (χ2n) is 3.76. The fraction of sp³-hybridized carbons (Fsp3) is 0.273. The second kappa shape index (κ2) is 3.31. The first-order valence-electron chi connectivity index (χ1n) is 5.06. The lowest BCUT2D eigenvalue weighted by Gasteiger charge is -2.11. The summed E-state index contributed by atoms with van der Waals surface area (Å²) in [4.78, 5) is 15.2. The molecular formula is C11H10N2O3. The number of carbonyl (C=O) groups is 1. The highest BCUT2D eigenvalue weighted by Crippen LogP contribution is 2.19. The summed E-state index contributed by atoms with van der Waals surface area (Å²) < 4.78 is 7.25. The molecule has 2 aromatic heterocycles. The molecule has 0 amide bonds. The Balaban J connectivity index is 2.22. The molecule has 0 aliphatic carbocycles. The van der Waals surface area contributed by atoms with Crippen LogP contribution in [0.5, 0.6) is 0 Å². The van der Waals surface area contributed by atoms with Crippen LogP contribution in [0.3, 0.4) is 0 Å². The van der Waals surface area contributed by atoms with Crippen molar-refractivity contribution in [3.05, 3.63) is 35.3 Å². The highest BCUT2D eigenvalue weighted by molar-refractivity contribution is 5.88. The van der Waals surface area contributed by atoms with Crippen molar-refractivity contribution in [2.45, 2.75) is 13.0 Å². The fourth-order valence-corrected chi connectivity index (χ4v) is 1.97. The lowest BCUT2D eigenvalue weighted by Crippen LogP contribution is -2.10. The van der Waals surface area contributed by atoms with Crippen LogP contribution in [0.1, 0.15) is 21.7 Å². The van der Waals surface area contributed by atoms with E-state index in [2.05, 4.69) is 4.98 Å². The molecule has 3 rings (SSSR count). The van der Waals surface area contributed by atoms with Gasteiger partial charge in [-0.3, -0.25) is 0 Å². The number of nitrogens with zero attached hydrogens (tertiary/aromatic N) is 2. The van der Waals surface area contributed by atoms with Crippen LogP contribution in [0.4, 0.5) is 0 Å². The molecule has 82 valence electrons. The minimum atomic E-state index is -0.931. The first-order valence-corrected chi connectivity index (χ1v) is 5.06. The minimum absolute atomic E-state index is 0.260. The number of hydrogen-bond acceptors (Lipinski definition) is 3. The largest absolute Gasteiger partial charge is 0.478 e. The van der Waals surface area contributed by atoms with Gasteiger partial charge in [0, 0.05) is 12.6 Å². The Morgan fingerprint density at radius 3 is 3.25 bits per heavy atom. The summed E-state index contributed by atoms with van der Waals surface area (Å²) >= 11 is 0. The lowest BCUT2D eigenvalue weighted by molar-refractivity contribution is 0.0697. The van der Waals surface area contributed by atoms with Crippen LogP contribution in [0.25, 0.3) is 5.65 Å². The predicted octanol–water partition coefficient (Wildman–Crippen LogP) is 1.11. The molecule has 3 heterocycles. The maximum absolute atomic E-state index is 10.8. The van der Waals surface area contributed by atoms with Crippen LogP contribution in [-0.4, -0.2) is 27.1 Å². The zero-order valence-corrected chi connectivity index (χ0v) is 8.51. The zero-order valence-electron chi connectivity index (χ0n) is 8.51. The van der Waals surface area contributed by atoms with Gasteiger partial charge in [-0.25, -0.2) is 9.78 Å². The molecule has 1 aliphatic rings. The third-order valence-electron chi connectivity index (χ3n) is 2.78. The van der Waals surface area contributed by atoms with E-state index in [9.17, 15) is 4.79 Å². The lowest BCUT2D eigenvalue weighted by atomic mass is 10.2. The third-order valence-corrected chi connectivity index (χ3v) is 2.78. The molecular weight excluding hydrogens is 208 g/mol. The molecule has 5 nitrogen and oxygen atoms in total. The van der Waals surface area contributed by atoms with Crippen molar-refractivity contribution in [3.8, 4) is 0 Å². The van der Waals surface area contributed by atoms with Crippen molar-refractivity contribution >= 4 is 11.6 Å². The SMILES string of the molecule is O=C(O)c1ccn2c3c(nc2c1)CCOC3. The smallest absolute Gasteiger partial charge is 0.335 e. The Kier molecular flexibility index (Phi) is 1.94. The Bertz CT molecular complexity index is 574. The van der Waals surface area contributed by atoms with Crippen LogP contribution in [-0.2, 0) is 17.8 Å². The second-order valence-corrected chi connectivity index (χ2v) is 3.76. The Morgan fingerprint density at radius 2 is 2.44 bits per heavy atom. The quantitative estimate of drug-likeness (QED) is 0.778. The summed E-state index contributed by atoms with van der Waals surface area (Å²) in [7, 11) is 0. The summed E-state index contributed by atoms with van der Waals surface area (Å²) in [6.45, 7) is 1.23. The topological polar surface area (TPSA) is 63.8 Å². The van der Waals surface area contributed by atoms with Crippen molar-refractivity contribution in [2.24, 2.45) is 0 Å². The number of aromatic carboxylic acids is 1. The van der Waals surface area contributed by atoms with Crippen LogP contribution < -0.4 is 0 Å². The van der Waals surface area contributed by atoms with Crippen LogP contribution in [0.2, 0.25) is 0 Å². The molecule has 1 aliphatic heterocycles. The number of ether oxygens (including phenoxy) is 1. The average Bonchev–Trinajstić information content (AvgIpc) is 2.66. The molecule has 0 spiro atoms. The number of aromatic nitrogens is 2. The van der Waals surface area contributed by atoms with Gasteiger partial charge < -0.3 is 14.2 Å². The maximum atomic E-state index is 10.8. The van der Waals surface area contributed by atoms with E-state index in [0.29, 0.717) is 18.9 Å². The van der Waals surface area contributed by atoms with Gasteiger partial charge in [0.1, 0.15) is 5.65 Å². The average molecular weight is 218 g/mol. The summed E-state index contributed by atoms with van der Waals surface area (Å²) in [6.07, 6.45) is 2.53. The van der Waals surface area contributed by atoms with Gasteiger partial charge >= 0.3 is 5.97 Å². The molecule has 0 radical (unpaired) electrons. The molecule has 0 bridgehead atoms. The molecule has 0 atom stereocenters. The van der Waals surface area contributed by atoms with E-state index < -0.39 is 5.97 Å². The highest BCUT2D eigenvalue weighted by atomic mass is 16.5. The zero-order chi connectivity index (χ0) is 11.1. The first kappa shape index (κ1) is 9.35. The monoisotopic (exact) mass is 218 g/mol. The Morgan fingerprint density at radius 1 is 1.56 bits per heavy atom. The van der Waals surface area contributed by atoms with Crippen LogP contribution >= 0.6 is 0 Å². The number of pyridine rings is 1. The maximum Gasteiger partial charge on any atom is 0.335 e. The van der Waals surface area contributed by atoms with Gasteiger partial charge in [-0.2, -0.15) is 0 Å². The first-order chi connectivity index (χ1) is 7.75. The Hall–Kier alpha value is -1.88. The summed E-state index contributed by atoms with van der Waals surface area (Å²) in [5.74, 6) is -0.931. The van der Waals surface area contributed by atoms with Crippen LogP contribution in [0, 0.1) is 0 Å². The van der Waals surface area contributed by atoms with Crippen molar-refractivity contribution < 1.29 is 14.6 Å². The number of rotatable bonds is 1. The van der Waals surface area contributed by atoms with Gasteiger partial charge in [-0.05, 0) is 12.1 Å². The van der Waals surface area contributed by atoms with E-state index in [1.165, 1.54) is 0 Å². The molecule has 0 aromatic carbocycles. The van der Waals surface area contributed by atoms with Gasteiger partial charge in [0.25, 0.3) is 0 Å². The predicted molar refractivity (Wildman–Crippen MR) is 55.5 cm³/mol. The van der Waals surface area contributed by atoms with Crippen molar-refractivity contribution in [1.82, 2.24) is 9.38 Å². The third kappa shape index (κ3) is 1.29. The van der Waals surface area contributed by atoms with E-state index >= 15 is 0 Å². The van der Waals surface area contributed by atoms with Gasteiger partial charge in [-0.15, -0.1) is 0 Å². The van der Waals surface area contributed by atoms with Crippen LogP contribution in [0.15, 0.2) is 18.3 Å². The van der Waals surface area contributed by atoms with Crippen molar-refractivity contribution in [2.75, 3.05) is 6.61 Å². The standard InChI is InChI=1S/C11H10N2O3/c14-11(15)7-1-3-13-9-6-16-4-2-8(9)12-10(13)5-7/h1,3,5H,2,4,6H2,(H,14,15). The van der Waals surface area contributed by atoms with E-state index in [4.69, 9.17) is 9.84 Å². The molecule has 0 fully saturated rings. The molecule has 16 heavy (non-hydrogen) atoms.